The molecule has 1 aliphatic carbocycles. The van der Waals surface area contributed by atoms with E-state index in [1.807, 2.05) is 0 Å². The van der Waals surface area contributed by atoms with Gasteiger partial charge in [0.1, 0.15) is 0 Å². The quantitative estimate of drug-likeness (QED) is 0.685. The van der Waals surface area contributed by atoms with Crippen LogP contribution in [0.3, 0.4) is 0 Å². The highest BCUT2D eigenvalue weighted by molar-refractivity contribution is 9.10. The zero-order valence-electron chi connectivity index (χ0n) is 8.85. The van der Waals surface area contributed by atoms with Gasteiger partial charge in [0.25, 0.3) is 5.69 Å². The van der Waals surface area contributed by atoms with Gasteiger partial charge in [0.05, 0.1) is 10.3 Å². The van der Waals surface area contributed by atoms with Gasteiger partial charge in [-0.3, -0.25) is 14.9 Å². The number of nitro groups is 1. The van der Waals surface area contributed by atoms with E-state index < -0.39 is 16.3 Å². The number of aliphatic carboxylic acids is 1. The summed E-state index contributed by atoms with van der Waals surface area (Å²) in [5.74, 6) is -0.866. The molecule has 0 aromatic heterocycles. The minimum Gasteiger partial charge on any atom is -0.481 e. The van der Waals surface area contributed by atoms with Crippen LogP contribution in [-0.2, 0) is 11.2 Å². The van der Waals surface area contributed by atoms with E-state index in [9.17, 15) is 14.9 Å². The molecule has 1 aliphatic rings. The van der Waals surface area contributed by atoms with Crippen LogP contribution in [0.1, 0.15) is 18.4 Å². The lowest BCUT2D eigenvalue weighted by Gasteiger charge is -2.09. The first-order valence-electron chi connectivity index (χ1n) is 5.11. The van der Waals surface area contributed by atoms with Crippen molar-refractivity contribution in [2.45, 2.75) is 19.3 Å². The molecule has 0 heterocycles. The van der Waals surface area contributed by atoms with E-state index in [0.717, 1.165) is 0 Å². The highest BCUT2D eigenvalue weighted by atomic mass is 79.9. The van der Waals surface area contributed by atoms with Gasteiger partial charge in [-0.15, -0.1) is 0 Å². The summed E-state index contributed by atoms with van der Waals surface area (Å²) < 4.78 is 0.619. The Morgan fingerprint density at radius 2 is 2.18 bits per heavy atom. The number of nitro benzene ring substituents is 1. The lowest BCUT2D eigenvalue weighted by atomic mass is 9.95. The molecule has 90 valence electrons. The summed E-state index contributed by atoms with van der Waals surface area (Å²) in [6.45, 7) is 0. The molecular weight excluding hydrogens is 290 g/mol. The Morgan fingerprint density at radius 1 is 1.53 bits per heavy atom. The lowest BCUT2D eigenvalue weighted by Crippen LogP contribution is -2.18. The molecule has 1 aromatic carbocycles. The van der Waals surface area contributed by atoms with E-state index in [-0.39, 0.29) is 12.1 Å². The largest absolute Gasteiger partial charge is 0.481 e. The first-order chi connectivity index (χ1) is 7.94. The summed E-state index contributed by atoms with van der Waals surface area (Å²) in [7, 11) is 0. The maximum absolute atomic E-state index is 11.1. The lowest BCUT2D eigenvalue weighted by molar-refractivity contribution is -0.385. The molecule has 6 heteroatoms. The molecular formula is C11H10BrNO4. The van der Waals surface area contributed by atoms with Gasteiger partial charge in [-0.25, -0.2) is 0 Å². The SMILES string of the molecule is O=C(O)C1(Cc2ccc(Br)cc2[N+](=O)[O-])CC1. The predicted octanol–water partition coefficient (Wildman–Crippen LogP) is 2.76. The normalized spacial score (nSPS) is 16.5. The maximum atomic E-state index is 11.1. The first kappa shape index (κ1) is 12.0. The van der Waals surface area contributed by atoms with E-state index in [1.165, 1.54) is 6.07 Å². The molecule has 0 aliphatic heterocycles. The topological polar surface area (TPSA) is 80.4 Å². The van der Waals surface area contributed by atoms with Gasteiger partial charge in [0.15, 0.2) is 0 Å². The summed E-state index contributed by atoms with van der Waals surface area (Å²) in [6.07, 6.45) is 1.41. The molecule has 1 N–H and O–H groups in total. The maximum Gasteiger partial charge on any atom is 0.309 e. The third-order valence-electron chi connectivity index (χ3n) is 3.08. The number of rotatable bonds is 4. The fourth-order valence-corrected chi connectivity index (χ4v) is 2.19. The molecule has 0 amide bonds. The predicted molar refractivity (Wildman–Crippen MR) is 63.8 cm³/mol. The number of carbonyl (C=O) groups is 1. The molecule has 0 bridgehead atoms. The van der Waals surface area contributed by atoms with Crippen molar-refractivity contribution in [2.75, 3.05) is 0 Å². The summed E-state index contributed by atoms with van der Waals surface area (Å²) in [6, 6.07) is 4.72. The van der Waals surface area contributed by atoms with Crippen LogP contribution in [0.2, 0.25) is 0 Å². The molecule has 0 saturated heterocycles. The molecule has 5 nitrogen and oxygen atoms in total. The van der Waals surface area contributed by atoms with E-state index in [1.54, 1.807) is 12.1 Å². The Morgan fingerprint density at radius 3 is 2.65 bits per heavy atom. The summed E-state index contributed by atoms with van der Waals surface area (Å²) in [5.41, 5.74) is -0.316. The second kappa shape index (κ2) is 4.10. The Hall–Kier alpha value is -1.43. The Labute approximate surface area is 106 Å². The van der Waals surface area contributed by atoms with Gasteiger partial charge < -0.3 is 5.11 Å². The second-order valence-corrected chi connectivity index (χ2v) is 5.21. The molecule has 2 rings (SSSR count). The molecule has 0 unspecified atom stereocenters. The van der Waals surface area contributed by atoms with Crippen LogP contribution in [0.15, 0.2) is 22.7 Å². The van der Waals surface area contributed by atoms with Crippen LogP contribution < -0.4 is 0 Å². The van der Waals surface area contributed by atoms with Crippen molar-refractivity contribution in [3.8, 4) is 0 Å². The minimum absolute atomic E-state index is 0.0214. The fraction of sp³-hybridized carbons (Fsp3) is 0.364. The van der Waals surface area contributed by atoms with Crippen LogP contribution in [0.4, 0.5) is 5.69 Å². The van der Waals surface area contributed by atoms with Crippen molar-refractivity contribution in [1.29, 1.82) is 0 Å². The molecule has 1 fully saturated rings. The third kappa shape index (κ3) is 2.31. The van der Waals surface area contributed by atoms with Crippen LogP contribution in [-0.4, -0.2) is 16.0 Å². The van der Waals surface area contributed by atoms with Gasteiger partial charge in [-0.2, -0.15) is 0 Å². The fourth-order valence-electron chi connectivity index (χ4n) is 1.84. The number of carboxylic acid groups (broad SMARTS) is 1. The number of hydrogen-bond acceptors (Lipinski definition) is 3. The van der Waals surface area contributed by atoms with E-state index in [0.29, 0.717) is 22.9 Å². The smallest absolute Gasteiger partial charge is 0.309 e. The summed E-state index contributed by atoms with van der Waals surface area (Å²) in [4.78, 5) is 21.5. The van der Waals surface area contributed by atoms with Crippen molar-refractivity contribution in [1.82, 2.24) is 0 Å². The Balaban J connectivity index is 2.33. The zero-order valence-corrected chi connectivity index (χ0v) is 10.4. The highest BCUT2D eigenvalue weighted by Crippen LogP contribution is 2.49. The van der Waals surface area contributed by atoms with Gasteiger partial charge >= 0.3 is 5.97 Å². The van der Waals surface area contributed by atoms with Crippen molar-refractivity contribution >= 4 is 27.6 Å². The second-order valence-electron chi connectivity index (χ2n) is 4.29. The summed E-state index contributed by atoms with van der Waals surface area (Å²) >= 11 is 3.17. The van der Waals surface area contributed by atoms with Crippen molar-refractivity contribution in [2.24, 2.45) is 5.41 Å². The van der Waals surface area contributed by atoms with Crippen molar-refractivity contribution < 1.29 is 14.8 Å². The Kier molecular flexibility index (Phi) is 2.91. The standard InChI is InChI=1S/C11H10BrNO4/c12-8-2-1-7(9(5-8)13(16)17)6-11(3-4-11)10(14)15/h1-2,5H,3-4,6H2,(H,14,15). The van der Waals surface area contributed by atoms with E-state index in [4.69, 9.17) is 5.11 Å². The molecule has 0 spiro atoms. The molecule has 17 heavy (non-hydrogen) atoms. The van der Waals surface area contributed by atoms with Crippen molar-refractivity contribution in [3.05, 3.63) is 38.3 Å². The van der Waals surface area contributed by atoms with Gasteiger partial charge in [0, 0.05) is 16.1 Å². The van der Waals surface area contributed by atoms with Crippen LogP contribution in [0, 0.1) is 15.5 Å². The first-order valence-corrected chi connectivity index (χ1v) is 5.90. The van der Waals surface area contributed by atoms with Crippen LogP contribution >= 0.6 is 15.9 Å². The molecule has 1 saturated carbocycles. The van der Waals surface area contributed by atoms with E-state index in [2.05, 4.69) is 15.9 Å². The molecule has 0 radical (unpaired) electrons. The number of nitrogens with zero attached hydrogens (tertiary/aromatic N) is 1. The number of hydrogen-bond donors (Lipinski definition) is 1. The van der Waals surface area contributed by atoms with Crippen molar-refractivity contribution in [3.63, 3.8) is 0 Å². The van der Waals surface area contributed by atoms with Crippen LogP contribution in [0.25, 0.3) is 0 Å². The van der Waals surface area contributed by atoms with Crippen LogP contribution in [0.5, 0.6) is 0 Å². The average molecular weight is 300 g/mol. The Bertz CT molecular complexity index is 496. The monoisotopic (exact) mass is 299 g/mol. The van der Waals surface area contributed by atoms with Gasteiger partial charge in [-0.1, -0.05) is 22.0 Å². The average Bonchev–Trinajstić information content (AvgIpc) is 3.01. The highest BCUT2D eigenvalue weighted by Gasteiger charge is 2.50. The summed E-state index contributed by atoms with van der Waals surface area (Å²) in [5, 5.41) is 20.0. The van der Waals surface area contributed by atoms with Gasteiger partial charge in [0.2, 0.25) is 0 Å². The zero-order chi connectivity index (χ0) is 12.6. The number of carboxylic acids is 1. The van der Waals surface area contributed by atoms with Gasteiger partial charge in [-0.05, 0) is 25.3 Å². The molecule has 1 aromatic rings. The number of benzene rings is 1. The minimum atomic E-state index is -0.866. The van der Waals surface area contributed by atoms with E-state index >= 15 is 0 Å². The number of halogens is 1. The third-order valence-corrected chi connectivity index (χ3v) is 3.57. The molecule has 0 atom stereocenters.